The number of anilines is 1. The predicted molar refractivity (Wildman–Crippen MR) is 110 cm³/mol. The topological polar surface area (TPSA) is 54.5 Å². The fourth-order valence-electron chi connectivity index (χ4n) is 3.39. The van der Waals surface area contributed by atoms with Crippen molar-refractivity contribution in [2.45, 2.75) is 25.8 Å². The first-order valence-electron chi connectivity index (χ1n) is 9.28. The smallest absolute Gasteiger partial charge is 0.257 e. The summed E-state index contributed by atoms with van der Waals surface area (Å²) in [6, 6.07) is 13.6. The Hall–Kier alpha value is -2.44. The molecule has 1 N–H and O–H groups in total. The van der Waals surface area contributed by atoms with Crippen LogP contribution in [0.4, 0.5) is 5.13 Å². The number of rotatable bonds is 5. The molecule has 2 heterocycles. The average Bonchev–Trinajstić information content (AvgIpc) is 3.10. The lowest BCUT2D eigenvalue weighted by Crippen LogP contribution is -2.29. The minimum atomic E-state index is -0.134. The second kappa shape index (κ2) is 8.06. The lowest BCUT2D eigenvalue weighted by Gasteiger charge is -2.26. The summed E-state index contributed by atoms with van der Waals surface area (Å²) in [5.41, 5.74) is 2.75. The van der Waals surface area contributed by atoms with Gasteiger partial charge in [-0.2, -0.15) is 0 Å². The van der Waals surface area contributed by atoms with Gasteiger partial charge in [-0.25, -0.2) is 4.98 Å². The van der Waals surface area contributed by atoms with Gasteiger partial charge in [-0.05, 0) is 61.8 Å². The molecule has 5 nitrogen and oxygen atoms in total. The molecule has 2 aromatic carbocycles. The van der Waals surface area contributed by atoms with E-state index in [1.807, 2.05) is 42.5 Å². The third-order valence-corrected chi connectivity index (χ3v) is 5.82. The molecule has 1 aromatic heterocycles. The number of hydrogen-bond acceptors (Lipinski definition) is 5. The maximum atomic E-state index is 12.5. The highest BCUT2D eigenvalue weighted by Gasteiger charge is 2.13. The van der Waals surface area contributed by atoms with Crippen molar-refractivity contribution in [3.05, 3.63) is 53.6 Å². The summed E-state index contributed by atoms with van der Waals surface area (Å²) >= 11 is 1.45. The molecule has 0 saturated carbocycles. The molecule has 0 unspecified atom stereocenters. The molecule has 140 valence electrons. The second-order valence-electron chi connectivity index (χ2n) is 6.84. The summed E-state index contributed by atoms with van der Waals surface area (Å²) in [6.45, 7) is 3.30. The number of amides is 1. The molecule has 1 aliphatic heterocycles. The third kappa shape index (κ3) is 4.28. The number of benzene rings is 2. The van der Waals surface area contributed by atoms with Gasteiger partial charge in [0.15, 0.2) is 5.13 Å². The van der Waals surface area contributed by atoms with Gasteiger partial charge in [-0.1, -0.05) is 29.9 Å². The zero-order valence-electron chi connectivity index (χ0n) is 15.4. The summed E-state index contributed by atoms with van der Waals surface area (Å²) in [5.74, 6) is 0.652. The lowest BCUT2D eigenvalue weighted by molar-refractivity contribution is 0.102. The summed E-state index contributed by atoms with van der Waals surface area (Å²) < 4.78 is 6.22. The quantitative estimate of drug-likeness (QED) is 0.705. The molecule has 1 fully saturated rings. The van der Waals surface area contributed by atoms with Crippen LogP contribution in [0.3, 0.4) is 0 Å². The van der Waals surface area contributed by atoms with Gasteiger partial charge >= 0.3 is 0 Å². The van der Waals surface area contributed by atoms with Gasteiger partial charge in [0.25, 0.3) is 5.91 Å². The summed E-state index contributed by atoms with van der Waals surface area (Å²) in [5, 5.41) is 3.50. The molecule has 1 aliphatic rings. The third-order valence-electron chi connectivity index (χ3n) is 4.89. The first kappa shape index (κ1) is 17.9. The Morgan fingerprint density at radius 1 is 1.15 bits per heavy atom. The van der Waals surface area contributed by atoms with Gasteiger partial charge in [0.05, 0.1) is 17.3 Å². The van der Waals surface area contributed by atoms with Crippen LogP contribution in [0.15, 0.2) is 42.5 Å². The molecule has 4 rings (SSSR count). The molecular weight excluding hydrogens is 358 g/mol. The number of nitrogens with one attached hydrogen (secondary N) is 1. The van der Waals surface area contributed by atoms with Crippen LogP contribution in [0.1, 0.15) is 35.2 Å². The normalized spacial score (nSPS) is 15.0. The Labute approximate surface area is 163 Å². The number of thiazole rings is 1. The molecule has 27 heavy (non-hydrogen) atoms. The van der Waals surface area contributed by atoms with Crippen LogP contribution in [0.2, 0.25) is 0 Å². The van der Waals surface area contributed by atoms with Crippen molar-refractivity contribution >= 4 is 32.6 Å². The maximum Gasteiger partial charge on any atom is 0.257 e. The van der Waals surface area contributed by atoms with Gasteiger partial charge in [0.1, 0.15) is 5.75 Å². The van der Waals surface area contributed by atoms with Crippen LogP contribution in [-0.2, 0) is 6.54 Å². The molecule has 1 amide bonds. The van der Waals surface area contributed by atoms with Crippen molar-refractivity contribution in [2.24, 2.45) is 0 Å². The molecule has 0 atom stereocenters. The first-order valence-corrected chi connectivity index (χ1v) is 10.1. The van der Waals surface area contributed by atoms with Gasteiger partial charge in [0.2, 0.25) is 0 Å². The molecule has 6 heteroatoms. The minimum absolute atomic E-state index is 0.134. The number of ether oxygens (including phenoxy) is 1. The number of carbonyl (C=O) groups is 1. The van der Waals surface area contributed by atoms with Crippen LogP contribution in [0.5, 0.6) is 5.75 Å². The van der Waals surface area contributed by atoms with Crippen LogP contribution in [-0.4, -0.2) is 36.0 Å². The van der Waals surface area contributed by atoms with Crippen LogP contribution >= 0.6 is 11.3 Å². The van der Waals surface area contributed by atoms with Crippen molar-refractivity contribution in [3.63, 3.8) is 0 Å². The van der Waals surface area contributed by atoms with Gasteiger partial charge < -0.3 is 4.74 Å². The highest BCUT2D eigenvalue weighted by atomic mass is 32.1. The standard InChI is InChI=1S/C21H23N3O2S/c1-26-17-9-10-18-19(13-17)27-21(22-18)23-20(25)16-7-5-15(6-8-16)14-24-11-3-2-4-12-24/h5-10,13H,2-4,11-12,14H2,1H3,(H,22,23,25). The zero-order chi connectivity index (χ0) is 18.6. The van der Waals surface area contributed by atoms with Crippen molar-refractivity contribution in [1.82, 2.24) is 9.88 Å². The van der Waals surface area contributed by atoms with E-state index in [0.717, 1.165) is 22.5 Å². The van der Waals surface area contributed by atoms with Gasteiger partial charge in [0, 0.05) is 12.1 Å². The van der Waals surface area contributed by atoms with Crippen molar-refractivity contribution in [1.29, 1.82) is 0 Å². The van der Waals surface area contributed by atoms with E-state index < -0.39 is 0 Å². The number of aromatic nitrogens is 1. The average molecular weight is 382 g/mol. The van der Waals surface area contributed by atoms with Gasteiger partial charge in [-0.3, -0.25) is 15.0 Å². The molecular formula is C21H23N3O2S. The minimum Gasteiger partial charge on any atom is -0.497 e. The lowest BCUT2D eigenvalue weighted by atomic mass is 10.1. The SMILES string of the molecule is COc1ccc2nc(NC(=O)c3ccc(CN4CCCCC4)cc3)sc2c1. The highest BCUT2D eigenvalue weighted by molar-refractivity contribution is 7.22. The van der Waals surface area contributed by atoms with Crippen molar-refractivity contribution < 1.29 is 9.53 Å². The van der Waals surface area contributed by atoms with E-state index in [-0.39, 0.29) is 5.91 Å². The number of methoxy groups -OCH3 is 1. The number of likely N-dealkylation sites (tertiary alicyclic amines) is 1. The zero-order valence-corrected chi connectivity index (χ0v) is 16.2. The number of nitrogens with zero attached hydrogens (tertiary/aromatic N) is 2. The molecule has 0 radical (unpaired) electrons. The molecule has 0 bridgehead atoms. The van der Waals surface area contributed by atoms with E-state index >= 15 is 0 Å². The maximum absolute atomic E-state index is 12.5. The predicted octanol–water partition coefficient (Wildman–Crippen LogP) is 4.54. The number of carbonyl (C=O) groups excluding carboxylic acids is 1. The fourth-order valence-corrected chi connectivity index (χ4v) is 4.28. The number of hydrogen-bond donors (Lipinski definition) is 1. The molecule has 0 aliphatic carbocycles. The largest absolute Gasteiger partial charge is 0.497 e. The van der Waals surface area contributed by atoms with E-state index in [4.69, 9.17) is 4.74 Å². The number of fused-ring (bicyclic) bond motifs is 1. The molecule has 1 saturated heterocycles. The van der Waals surface area contributed by atoms with E-state index in [1.165, 1.54) is 49.3 Å². The van der Waals surface area contributed by atoms with E-state index in [1.54, 1.807) is 7.11 Å². The van der Waals surface area contributed by atoms with Crippen molar-refractivity contribution in [2.75, 3.05) is 25.5 Å². The summed E-state index contributed by atoms with van der Waals surface area (Å²) in [7, 11) is 1.64. The van der Waals surface area contributed by atoms with Crippen LogP contribution < -0.4 is 10.1 Å². The Kier molecular flexibility index (Phi) is 5.36. The monoisotopic (exact) mass is 381 g/mol. The molecule has 3 aromatic rings. The highest BCUT2D eigenvalue weighted by Crippen LogP contribution is 2.29. The van der Waals surface area contributed by atoms with Crippen LogP contribution in [0.25, 0.3) is 10.2 Å². The Balaban J connectivity index is 1.41. The van der Waals surface area contributed by atoms with Crippen LogP contribution in [0, 0.1) is 0 Å². The van der Waals surface area contributed by atoms with Gasteiger partial charge in [-0.15, -0.1) is 0 Å². The summed E-state index contributed by atoms with van der Waals surface area (Å²) in [6.07, 6.45) is 3.91. The Morgan fingerprint density at radius 3 is 2.67 bits per heavy atom. The summed E-state index contributed by atoms with van der Waals surface area (Å²) in [4.78, 5) is 19.5. The van der Waals surface area contributed by atoms with E-state index in [0.29, 0.717) is 10.7 Å². The Bertz CT molecular complexity index is 930. The van der Waals surface area contributed by atoms with E-state index in [9.17, 15) is 4.79 Å². The fraction of sp³-hybridized carbons (Fsp3) is 0.333. The van der Waals surface area contributed by atoms with E-state index in [2.05, 4.69) is 15.2 Å². The Morgan fingerprint density at radius 2 is 1.93 bits per heavy atom. The second-order valence-corrected chi connectivity index (χ2v) is 7.87. The number of piperidine rings is 1. The first-order chi connectivity index (χ1) is 13.2. The van der Waals surface area contributed by atoms with Crippen molar-refractivity contribution in [3.8, 4) is 5.75 Å². The molecule has 0 spiro atoms.